The number of hydrogen-bond acceptors (Lipinski definition) is 7. The average Bonchev–Trinajstić information content (AvgIpc) is 3.18. The van der Waals surface area contributed by atoms with E-state index in [9.17, 15) is 14.4 Å². The zero-order chi connectivity index (χ0) is 21.0. The van der Waals surface area contributed by atoms with Gasteiger partial charge in [-0.2, -0.15) is 10.1 Å². The molecule has 2 amide bonds. The van der Waals surface area contributed by atoms with Gasteiger partial charge < -0.3 is 4.74 Å². The number of carbonyl (C=O) groups is 3. The number of fused-ring (bicyclic) bond motifs is 1. The quantitative estimate of drug-likeness (QED) is 0.479. The molecule has 3 aromatic rings. The van der Waals surface area contributed by atoms with Gasteiger partial charge >= 0.3 is 5.97 Å². The van der Waals surface area contributed by atoms with Crippen LogP contribution in [0.3, 0.4) is 0 Å². The van der Waals surface area contributed by atoms with Crippen molar-refractivity contribution in [2.24, 2.45) is 0 Å². The predicted octanol–water partition coefficient (Wildman–Crippen LogP) is 0.677. The molecule has 0 saturated heterocycles. The van der Waals surface area contributed by atoms with Crippen LogP contribution in [0.25, 0.3) is 5.78 Å². The lowest BCUT2D eigenvalue weighted by molar-refractivity contribution is -0.154. The molecule has 0 radical (unpaired) electrons. The van der Waals surface area contributed by atoms with Crippen molar-refractivity contribution >= 4 is 23.6 Å². The van der Waals surface area contributed by atoms with Crippen molar-refractivity contribution in [3.8, 4) is 0 Å². The lowest BCUT2D eigenvalue weighted by Gasteiger charge is -2.15. The van der Waals surface area contributed by atoms with Gasteiger partial charge in [0.15, 0.2) is 6.10 Å². The second-order valence-electron chi connectivity index (χ2n) is 6.35. The topological polar surface area (TPSA) is 128 Å². The number of rotatable bonds is 5. The lowest BCUT2D eigenvalue weighted by Crippen LogP contribution is -2.46. The summed E-state index contributed by atoms with van der Waals surface area (Å²) in [7, 11) is 0. The van der Waals surface area contributed by atoms with E-state index in [0.29, 0.717) is 28.3 Å². The fourth-order valence-electron chi connectivity index (χ4n) is 2.73. The Hall–Kier alpha value is -3.82. The number of nitrogens with one attached hydrogen (secondary N) is 2. The maximum atomic E-state index is 12.3. The first-order valence-electron chi connectivity index (χ1n) is 8.87. The normalized spacial score (nSPS) is 11.7. The summed E-state index contributed by atoms with van der Waals surface area (Å²) in [6.07, 6.45) is 0.212. The number of aromatic nitrogens is 4. The summed E-state index contributed by atoms with van der Waals surface area (Å²) >= 11 is 0. The minimum Gasteiger partial charge on any atom is -0.452 e. The summed E-state index contributed by atoms with van der Waals surface area (Å²) in [4.78, 5) is 44.7. The van der Waals surface area contributed by atoms with E-state index in [2.05, 4.69) is 25.9 Å². The molecule has 0 aliphatic rings. The number of nitrogens with zero attached hydrogens (tertiary/aromatic N) is 4. The summed E-state index contributed by atoms with van der Waals surface area (Å²) in [5.74, 6) is -1.29. The van der Waals surface area contributed by atoms with Gasteiger partial charge in [0, 0.05) is 22.5 Å². The van der Waals surface area contributed by atoms with Crippen molar-refractivity contribution < 1.29 is 19.1 Å². The number of aryl methyl sites for hydroxylation is 2. The number of esters is 1. The Labute approximate surface area is 166 Å². The summed E-state index contributed by atoms with van der Waals surface area (Å²) in [5, 5.41) is 4.07. The Bertz CT molecular complexity index is 1060. The zero-order valence-electron chi connectivity index (χ0n) is 16.2. The van der Waals surface area contributed by atoms with Crippen molar-refractivity contribution in [2.75, 3.05) is 0 Å². The Balaban J connectivity index is 1.56. The van der Waals surface area contributed by atoms with Crippen LogP contribution in [-0.2, 0) is 20.7 Å². The van der Waals surface area contributed by atoms with Gasteiger partial charge in [-0.15, -0.1) is 0 Å². The molecule has 0 aliphatic carbocycles. The van der Waals surface area contributed by atoms with Crippen molar-refractivity contribution in [1.82, 2.24) is 30.4 Å². The van der Waals surface area contributed by atoms with Crippen LogP contribution in [0.5, 0.6) is 0 Å². The Morgan fingerprint density at radius 3 is 2.59 bits per heavy atom. The van der Waals surface area contributed by atoms with E-state index in [1.54, 1.807) is 44.2 Å². The van der Waals surface area contributed by atoms with Gasteiger partial charge in [-0.05, 0) is 32.9 Å². The fraction of sp³-hybridized carbons (Fsp3) is 0.263. The molecule has 1 aromatic carbocycles. The van der Waals surface area contributed by atoms with Gasteiger partial charge in [0.05, 0.1) is 6.42 Å². The first kappa shape index (κ1) is 19.9. The number of ether oxygens (including phenoxy) is 1. The minimum atomic E-state index is -1.10. The van der Waals surface area contributed by atoms with Crippen molar-refractivity contribution in [3.05, 3.63) is 59.2 Å². The Kier molecular flexibility index (Phi) is 5.82. The maximum Gasteiger partial charge on any atom is 0.311 e. The van der Waals surface area contributed by atoms with E-state index in [1.807, 2.05) is 0 Å². The number of hydrazine groups is 1. The van der Waals surface area contributed by atoms with E-state index in [0.717, 1.165) is 0 Å². The number of benzene rings is 1. The van der Waals surface area contributed by atoms with E-state index >= 15 is 0 Å². The monoisotopic (exact) mass is 396 g/mol. The second kappa shape index (κ2) is 8.46. The molecule has 0 fully saturated rings. The predicted molar refractivity (Wildman–Crippen MR) is 102 cm³/mol. The number of hydrogen-bond donors (Lipinski definition) is 2. The average molecular weight is 396 g/mol. The molecular weight excluding hydrogens is 376 g/mol. The molecule has 0 unspecified atom stereocenters. The largest absolute Gasteiger partial charge is 0.452 e. The SMILES string of the molecule is Cc1nc2ncnn2c(C)c1CC(=O)O[C@@H](C)C(=O)NNC(=O)c1ccccc1. The molecule has 2 N–H and O–H groups in total. The molecule has 1 atom stereocenters. The highest BCUT2D eigenvalue weighted by Gasteiger charge is 2.21. The Morgan fingerprint density at radius 1 is 1.14 bits per heavy atom. The van der Waals surface area contributed by atoms with Crippen LogP contribution in [0, 0.1) is 13.8 Å². The van der Waals surface area contributed by atoms with Crippen LogP contribution in [-0.4, -0.2) is 43.5 Å². The van der Waals surface area contributed by atoms with Gasteiger partial charge in [0.25, 0.3) is 17.6 Å². The van der Waals surface area contributed by atoms with Crippen LogP contribution in [0.1, 0.15) is 34.2 Å². The molecule has 10 nitrogen and oxygen atoms in total. The third-order valence-electron chi connectivity index (χ3n) is 4.32. The summed E-state index contributed by atoms with van der Waals surface area (Å²) in [5.41, 5.74) is 6.91. The highest BCUT2D eigenvalue weighted by atomic mass is 16.5. The molecular formula is C19H20N6O4. The summed E-state index contributed by atoms with van der Waals surface area (Å²) < 4.78 is 6.71. The van der Waals surface area contributed by atoms with Crippen molar-refractivity contribution in [3.63, 3.8) is 0 Å². The third kappa shape index (κ3) is 4.54. The molecule has 29 heavy (non-hydrogen) atoms. The van der Waals surface area contributed by atoms with Crippen LogP contribution in [0.15, 0.2) is 36.7 Å². The molecule has 3 rings (SSSR count). The van der Waals surface area contributed by atoms with Crippen LogP contribution in [0.4, 0.5) is 0 Å². The van der Waals surface area contributed by atoms with E-state index in [4.69, 9.17) is 4.74 Å². The lowest BCUT2D eigenvalue weighted by atomic mass is 10.1. The van der Waals surface area contributed by atoms with Crippen LogP contribution < -0.4 is 10.9 Å². The standard InChI is InChI=1S/C19H20N6O4/c1-11-15(12(2)25-19(22-11)20-10-21-25)9-16(26)29-13(3)17(27)23-24-18(28)14-7-5-4-6-8-14/h4-8,10,13H,9H2,1-3H3,(H,23,27)(H,24,28)/t13-/m0/s1. The van der Waals surface area contributed by atoms with E-state index in [-0.39, 0.29) is 6.42 Å². The van der Waals surface area contributed by atoms with Crippen LogP contribution >= 0.6 is 0 Å². The van der Waals surface area contributed by atoms with Crippen LogP contribution in [0.2, 0.25) is 0 Å². The second-order valence-corrected chi connectivity index (χ2v) is 6.35. The molecule has 2 aromatic heterocycles. The van der Waals surface area contributed by atoms with Gasteiger partial charge in [-0.1, -0.05) is 18.2 Å². The smallest absolute Gasteiger partial charge is 0.311 e. The Morgan fingerprint density at radius 2 is 1.86 bits per heavy atom. The fourth-order valence-corrected chi connectivity index (χ4v) is 2.73. The van der Waals surface area contributed by atoms with Crippen molar-refractivity contribution in [2.45, 2.75) is 33.3 Å². The first-order valence-corrected chi connectivity index (χ1v) is 8.87. The number of carbonyl (C=O) groups excluding carboxylic acids is 3. The van der Waals surface area contributed by atoms with Gasteiger partial charge in [-0.25, -0.2) is 9.50 Å². The minimum absolute atomic E-state index is 0.0749. The highest BCUT2D eigenvalue weighted by molar-refractivity contribution is 5.95. The number of amides is 2. The molecule has 2 heterocycles. The van der Waals surface area contributed by atoms with Crippen molar-refractivity contribution in [1.29, 1.82) is 0 Å². The van der Waals surface area contributed by atoms with Gasteiger partial charge in [-0.3, -0.25) is 25.2 Å². The van der Waals surface area contributed by atoms with E-state index < -0.39 is 23.9 Å². The van der Waals surface area contributed by atoms with Gasteiger partial charge in [0.2, 0.25) is 0 Å². The molecule has 0 spiro atoms. The molecule has 0 bridgehead atoms. The highest BCUT2D eigenvalue weighted by Crippen LogP contribution is 2.14. The third-order valence-corrected chi connectivity index (χ3v) is 4.32. The summed E-state index contributed by atoms with van der Waals surface area (Å²) in [6.45, 7) is 4.98. The van der Waals surface area contributed by atoms with E-state index in [1.165, 1.54) is 17.8 Å². The summed E-state index contributed by atoms with van der Waals surface area (Å²) in [6, 6.07) is 8.40. The first-order chi connectivity index (χ1) is 13.9. The molecule has 10 heteroatoms. The molecule has 0 aliphatic heterocycles. The van der Waals surface area contributed by atoms with Gasteiger partial charge in [0.1, 0.15) is 6.33 Å². The zero-order valence-corrected chi connectivity index (χ0v) is 16.2. The molecule has 150 valence electrons. The molecule has 0 saturated carbocycles. The maximum absolute atomic E-state index is 12.3.